The molecule has 1 atom stereocenters. The van der Waals surface area contributed by atoms with E-state index in [2.05, 4.69) is 17.2 Å². The second-order valence-electron chi connectivity index (χ2n) is 8.55. The van der Waals surface area contributed by atoms with E-state index in [1.165, 1.54) is 5.56 Å². The zero-order chi connectivity index (χ0) is 23.7. The highest BCUT2D eigenvalue weighted by Gasteiger charge is 2.32. The first-order valence-electron chi connectivity index (χ1n) is 11.5. The molecule has 0 radical (unpaired) electrons. The molecule has 1 aromatic heterocycles. The van der Waals surface area contributed by atoms with Crippen molar-refractivity contribution in [2.45, 2.75) is 32.6 Å². The molecular formula is C25H26ClN5O3. The van der Waals surface area contributed by atoms with Crippen molar-refractivity contribution in [3.05, 3.63) is 81.6 Å². The summed E-state index contributed by atoms with van der Waals surface area (Å²) in [7, 11) is 0. The minimum atomic E-state index is -0.172. The Morgan fingerprint density at radius 2 is 1.62 bits per heavy atom. The van der Waals surface area contributed by atoms with Crippen molar-refractivity contribution in [2.24, 2.45) is 0 Å². The van der Waals surface area contributed by atoms with E-state index < -0.39 is 0 Å². The van der Waals surface area contributed by atoms with Crippen LogP contribution in [0, 0.1) is 0 Å². The number of nitrogens with zero attached hydrogens (tertiary/aromatic N) is 5. The lowest BCUT2D eigenvalue weighted by Gasteiger charge is -2.34. The fraction of sp³-hybridized carbons (Fsp3) is 0.360. The van der Waals surface area contributed by atoms with Crippen molar-refractivity contribution in [1.29, 1.82) is 0 Å². The number of piperazine rings is 1. The van der Waals surface area contributed by atoms with Gasteiger partial charge in [0.2, 0.25) is 0 Å². The summed E-state index contributed by atoms with van der Waals surface area (Å²) in [5.74, 6) is -0.174. The van der Waals surface area contributed by atoms with Crippen LogP contribution >= 0.6 is 11.6 Å². The summed E-state index contributed by atoms with van der Waals surface area (Å²) in [4.78, 5) is 29.5. The Hall–Kier alpha value is -3.23. The summed E-state index contributed by atoms with van der Waals surface area (Å²) in [6.07, 6.45) is 0.768. The molecular weight excluding hydrogens is 454 g/mol. The molecule has 34 heavy (non-hydrogen) atoms. The maximum Gasteiger partial charge on any atom is 0.276 e. The van der Waals surface area contributed by atoms with E-state index in [4.69, 9.17) is 16.3 Å². The number of hydrogen-bond acceptors (Lipinski definition) is 5. The number of halogens is 1. The molecule has 3 heterocycles. The van der Waals surface area contributed by atoms with Crippen molar-refractivity contribution in [1.82, 2.24) is 24.8 Å². The highest BCUT2D eigenvalue weighted by Crippen LogP contribution is 2.28. The number of hydrogen-bond donors (Lipinski definition) is 0. The summed E-state index contributed by atoms with van der Waals surface area (Å²) >= 11 is 5.98. The molecule has 1 unspecified atom stereocenters. The molecule has 1 fully saturated rings. The molecule has 2 aromatic carbocycles. The lowest BCUT2D eigenvalue weighted by molar-refractivity contribution is -0.00202. The first kappa shape index (κ1) is 22.6. The van der Waals surface area contributed by atoms with Gasteiger partial charge in [-0.1, -0.05) is 48.0 Å². The van der Waals surface area contributed by atoms with Crippen LogP contribution in [-0.4, -0.2) is 62.8 Å². The Labute approximate surface area is 203 Å². The Kier molecular flexibility index (Phi) is 6.34. The molecule has 9 heteroatoms. The monoisotopic (exact) mass is 479 g/mol. The topological polar surface area (TPSA) is 80.6 Å². The Bertz CT molecular complexity index is 1180. The van der Waals surface area contributed by atoms with Crippen molar-refractivity contribution in [2.75, 3.05) is 26.2 Å². The van der Waals surface area contributed by atoms with Crippen molar-refractivity contribution >= 4 is 23.4 Å². The van der Waals surface area contributed by atoms with Gasteiger partial charge in [0.25, 0.3) is 11.8 Å². The molecule has 5 rings (SSSR count). The van der Waals surface area contributed by atoms with Crippen LogP contribution in [0.1, 0.15) is 50.7 Å². The van der Waals surface area contributed by atoms with Crippen LogP contribution in [0.15, 0.2) is 48.5 Å². The van der Waals surface area contributed by atoms with E-state index >= 15 is 0 Å². The SMILES string of the molecule is CCc1ccc(C(=O)N2CCN(C(=O)c3nnn4c3COC(c3ccc(Cl)cc3)C4)CC2)cc1. The molecule has 0 bridgehead atoms. The predicted molar refractivity (Wildman–Crippen MR) is 127 cm³/mol. The number of carbonyl (C=O) groups is 2. The summed E-state index contributed by atoms with van der Waals surface area (Å²) in [5, 5.41) is 9.06. The van der Waals surface area contributed by atoms with Gasteiger partial charge in [-0.3, -0.25) is 9.59 Å². The molecule has 8 nitrogen and oxygen atoms in total. The summed E-state index contributed by atoms with van der Waals surface area (Å²) in [5.41, 5.74) is 3.89. The van der Waals surface area contributed by atoms with Crippen LogP contribution in [0.25, 0.3) is 0 Å². The Balaban J connectivity index is 1.21. The maximum atomic E-state index is 13.2. The normalized spacial score (nSPS) is 18.0. The molecule has 1 saturated heterocycles. The zero-order valence-corrected chi connectivity index (χ0v) is 19.7. The van der Waals surface area contributed by atoms with E-state index in [-0.39, 0.29) is 24.5 Å². The number of ether oxygens (including phenoxy) is 1. The van der Waals surface area contributed by atoms with Gasteiger partial charge < -0.3 is 14.5 Å². The number of rotatable bonds is 4. The van der Waals surface area contributed by atoms with Gasteiger partial charge in [-0.05, 0) is 41.8 Å². The highest BCUT2D eigenvalue weighted by atomic mass is 35.5. The third-order valence-electron chi connectivity index (χ3n) is 6.51. The summed E-state index contributed by atoms with van der Waals surface area (Å²) in [6, 6.07) is 15.2. The van der Waals surface area contributed by atoms with Crippen LogP contribution < -0.4 is 0 Å². The van der Waals surface area contributed by atoms with Crippen molar-refractivity contribution < 1.29 is 14.3 Å². The first-order chi connectivity index (χ1) is 16.5. The predicted octanol–water partition coefficient (Wildman–Crippen LogP) is 3.36. The molecule has 2 aliphatic rings. The zero-order valence-electron chi connectivity index (χ0n) is 19.0. The van der Waals surface area contributed by atoms with E-state index in [1.54, 1.807) is 14.5 Å². The molecule has 176 valence electrons. The van der Waals surface area contributed by atoms with Crippen LogP contribution in [0.5, 0.6) is 0 Å². The second-order valence-corrected chi connectivity index (χ2v) is 8.99. The summed E-state index contributed by atoms with van der Waals surface area (Å²) < 4.78 is 7.76. The maximum absolute atomic E-state index is 13.2. The average molecular weight is 480 g/mol. The number of amides is 2. The van der Waals surface area contributed by atoms with Gasteiger partial charge in [0.15, 0.2) is 5.69 Å². The Morgan fingerprint density at radius 3 is 2.26 bits per heavy atom. The van der Waals surface area contributed by atoms with Crippen LogP contribution in [-0.2, 0) is 24.3 Å². The van der Waals surface area contributed by atoms with Gasteiger partial charge >= 0.3 is 0 Å². The fourth-order valence-corrected chi connectivity index (χ4v) is 4.51. The Morgan fingerprint density at radius 1 is 0.971 bits per heavy atom. The number of aromatic nitrogens is 3. The van der Waals surface area contributed by atoms with Crippen molar-refractivity contribution in [3.8, 4) is 0 Å². The largest absolute Gasteiger partial charge is 0.365 e. The average Bonchev–Trinajstić information content (AvgIpc) is 3.32. The van der Waals surface area contributed by atoms with Crippen molar-refractivity contribution in [3.63, 3.8) is 0 Å². The van der Waals surface area contributed by atoms with Gasteiger partial charge in [-0.25, -0.2) is 4.68 Å². The fourth-order valence-electron chi connectivity index (χ4n) is 4.38. The number of benzene rings is 2. The van der Waals surface area contributed by atoms with Crippen LogP contribution in [0.4, 0.5) is 0 Å². The second kappa shape index (κ2) is 9.56. The van der Waals surface area contributed by atoms with Crippen LogP contribution in [0.3, 0.4) is 0 Å². The van der Waals surface area contributed by atoms with Gasteiger partial charge in [0, 0.05) is 36.8 Å². The minimum absolute atomic E-state index is 0.00238. The smallest absolute Gasteiger partial charge is 0.276 e. The van der Waals surface area contributed by atoms with E-state index in [1.807, 2.05) is 48.5 Å². The molecule has 2 amide bonds. The quantitative estimate of drug-likeness (QED) is 0.573. The third kappa shape index (κ3) is 4.43. The highest BCUT2D eigenvalue weighted by molar-refractivity contribution is 6.30. The lowest BCUT2D eigenvalue weighted by atomic mass is 10.1. The minimum Gasteiger partial charge on any atom is -0.365 e. The molecule has 2 aliphatic heterocycles. The third-order valence-corrected chi connectivity index (χ3v) is 6.76. The molecule has 3 aromatic rings. The molecule has 0 spiro atoms. The molecule has 0 N–H and O–H groups in total. The van der Waals surface area contributed by atoms with Gasteiger partial charge in [0.1, 0.15) is 6.10 Å². The first-order valence-corrected chi connectivity index (χ1v) is 11.9. The number of carbonyl (C=O) groups excluding carboxylic acids is 2. The number of aryl methyl sites for hydroxylation is 1. The van der Waals surface area contributed by atoms with Crippen LogP contribution in [0.2, 0.25) is 5.02 Å². The standard InChI is InChI=1S/C25H26ClN5O3/c1-2-17-3-5-19(6-4-17)24(32)29-11-13-30(14-12-29)25(33)23-21-16-34-22(15-31(21)28-27-23)18-7-9-20(26)10-8-18/h3-10,22H,2,11-16H2,1H3. The van der Waals surface area contributed by atoms with E-state index in [0.717, 1.165) is 12.0 Å². The number of fused-ring (bicyclic) bond motifs is 1. The van der Waals surface area contributed by atoms with E-state index in [0.29, 0.717) is 54.7 Å². The van der Waals surface area contributed by atoms with Gasteiger partial charge in [-0.2, -0.15) is 0 Å². The lowest BCUT2D eigenvalue weighted by Crippen LogP contribution is -2.50. The van der Waals surface area contributed by atoms with E-state index in [9.17, 15) is 9.59 Å². The van der Waals surface area contributed by atoms with Gasteiger partial charge in [-0.15, -0.1) is 5.10 Å². The molecule has 0 aliphatic carbocycles. The van der Waals surface area contributed by atoms with Gasteiger partial charge in [0.05, 0.1) is 18.8 Å². The summed E-state index contributed by atoms with van der Waals surface area (Å²) in [6.45, 7) is 4.71. The molecule has 0 saturated carbocycles.